The van der Waals surface area contributed by atoms with Crippen molar-refractivity contribution in [3.05, 3.63) is 59.9 Å². The van der Waals surface area contributed by atoms with E-state index in [0.29, 0.717) is 23.3 Å². The van der Waals surface area contributed by atoms with Crippen LogP contribution in [0.1, 0.15) is 23.6 Å². The molecule has 0 saturated carbocycles. The maximum Gasteiger partial charge on any atom is 0.141 e. The van der Waals surface area contributed by atoms with E-state index in [0.717, 1.165) is 16.7 Å². The van der Waals surface area contributed by atoms with Crippen LogP contribution in [0.4, 0.5) is 0 Å². The first kappa shape index (κ1) is 13.7. The van der Waals surface area contributed by atoms with Gasteiger partial charge in [-0.2, -0.15) is 5.10 Å². The lowest BCUT2D eigenvalue weighted by atomic mass is 9.96. The summed E-state index contributed by atoms with van der Waals surface area (Å²) in [5.74, 6) is 0.766. The van der Waals surface area contributed by atoms with Gasteiger partial charge in [0.2, 0.25) is 0 Å². The standard InChI is InChI=1S/C18H16N2O3/c1-22-18-12-7-8-23-16(12)10-15(21)17(18)14-9-13(19-20-14)11-5-3-2-4-6-11/h2-8,10,14,20-21H,9H2,1H3. The predicted molar refractivity (Wildman–Crippen MR) is 87.9 cm³/mol. The van der Waals surface area contributed by atoms with Crippen molar-refractivity contribution in [3.8, 4) is 11.5 Å². The number of ether oxygens (including phenoxy) is 1. The second kappa shape index (κ2) is 5.35. The Morgan fingerprint density at radius 3 is 2.87 bits per heavy atom. The van der Waals surface area contributed by atoms with Gasteiger partial charge in [0.1, 0.15) is 17.1 Å². The molecule has 0 spiro atoms. The average Bonchev–Trinajstić information content (AvgIpc) is 3.23. The summed E-state index contributed by atoms with van der Waals surface area (Å²) in [6.07, 6.45) is 2.27. The maximum atomic E-state index is 10.4. The van der Waals surface area contributed by atoms with E-state index in [1.54, 1.807) is 19.4 Å². The summed E-state index contributed by atoms with van der Waals surface area (Å²) in [5, 5.41) is 15.7. The molecule has 0 amide bonds. The number of benzene rings is 2. The number of nitrogens with one attached hydrogen (secondary N) is 1. The highest BCUT2D eigenvalue weighted by atomic mass is 16.5. The SMILES string of the molecule is COc1c(C2CC(c3ccccc3)=NN2)c(O)cc2occc12. The van der Waals surface area contributed by atoms with Gasteiger partial charge in [-0.25, -0.2) is 0 Å². The van der Waals surface area contributed by atoms with Crippen molar-refractivity contribution in [1.82, 2.24) is 5.43 Å². The Morgan fingerprint density at radius 2 is 2.09 bits per heavy atom. The van der Waals surface area contributed by atoms with Gasteiger partial charge >= 0.3 is 0 Å². The molecular formula is C18H16N2O3. The fraction of sp³-hybridized carbons (Fsp3) is 0.167. The van der Waals surface area contributed by atoms with Crippen LogP contribution in [0.2, 0.25) is 0 Å². The smallest absolute Gasteiger partial charge is 0.141 e. The van der Waals surface area contributed by atoms with Gasteiger partial charge in [0.25, 0.3) is 0 Å². The topological polar surface area (TPSA) is 67.0 Å². The number of furan rings is 1. The molecule has 3 aromatic rings. The second-order valence-corrected chi connectivity index (χ2v) is 5.49. The Labute approximate surface area is 133 Å². The molecule has 1 aromatic heterocycles. The lowest BCUT2D eigenvalue weighted by molar-refractivity contribution is 0.393. The molecule has 116 valence electrons. The van der Waals surface area contributed by atoms with Gasteiger partial charge in [-0.15, -0.1) is 0 Å². The molecule has 4 rings (SSSR count). The van der Waals surface area contributed by atoms with Crippen molar-refractivity contribution < 1.29 is 14.3 Å². The molecule has 5 heteroatoms. The van der Waals surface area contributed by atoms with E-state index in [-0.39, 0.29) is 11.8 Å². The van der Waals surface area contributed by atoms with Crippen LogP contribution in [-0.2, 0) is 0 Å². The number of phenols is 1. The van der Waals surface area contributed by atoms with Gasteiger partial charge in [0.05, 0.1) is 36.1 Å². The van der Waals surface area contributed by atoms with Crippen LogP contribution in [0.25, 0.3) is 11.0 Å². The van der Waals surface area contributed by atoms with Gasteiger partial charge in [-0.1, -0.05) is 30.3 Å². The Bertz CT molecular complexity index is 884. The number of rotatable bonds is 3. The van der Waals surface area contributed by atoms with Crippen molar-refractivity contribution in [2.75, 3.05) is 7.11 Å². The first-order valence-corrected chi connectivity index (χ1v) is 7.42. The quantitative estimate of drug-likeness (QED) is 0.776. The summed E-state index contributed by atoms with van der Waals surface area (Å²) in [6.45, 7) is 0. The zero-order valence-electron chi connectivity index (χ0n) is 12.6. The van der Waals surface area contributed by atoms with Crippen molar-refractivity contribution in [2.45, 2.75) is 12.5 Å². The molecule has 1 unspecified atom stereocenters. The Kier molecular flexibility index (Phi) is 3.19. The monoisotopic (exact) mass is 308 g/mol. The van der Waals surface area contributed by atoms with Gasteiger partial charge in [0, 0.05) is 12.5 Å². The molecule has 23 heavy (non-hydrogen) atoms. The van der Waals surface area contributed by atoms with Gasteiger partial charge in [-0.05, 0) is 11.6 Å². The number of hydrogen-bond acceptors (Lipinski definition) is 5. The number of phenolic OH excluding ortho intramolecular Hbond substituents is 1. The Morgan fingerprint density at radius 1 is 1.26 bits per heavy atom. The number of nitrogens with zero attached hydrogens (tertiary/aromatic N) is 1. The number of fused-ring (bicyclic) bond motifs is 1. The molecule has 2 heterocycles. The third kappa shape index (κ3) is 2.21. The third-order valence-corrected chi connectivity index (χ3v) is 4.14. The van der Waals surface area contributed by atoms with Crippen molar-refractivity contribution >= 4 is 16.7 Å². The number of hydrazone groups is 1. The summed E-state index contributed by atoms with van der Waals surface area (Å²) < 4.78 is 10.9. The first-order valence-electron chi connectivity index (χ1n) is 7.42. The second-order valence-electron chi connectivity index (χ2n) is 5.49. The highest BCUT2D eigenvalue weighted by Crippen LogP contribution is 2.42. The van der Waals surface area contributed by atoms with Crippen molar-refractivity contribution in [1.29, 1.82) is 0 Å². The van der Waals surface area contributed by atoms with Gasteiger partial charge in [-0.3, -0.25) is 0 Å². The summed E-state index contributed by atoms with van der Waals surface area (Å²) in [7, 11) is 1.60. The van der Waals surface area contributed by atoms with E-state index in [2.05, 4.69) is 10.5 Å². The minimum atomic E-state index is -0.139. The van der Waals surface area contributed by atoms with Crippen LogP contribution in [0.3, 0.4) is 0 Å². The molecule has 5 nitrogen and oxygen atoms in total. The minimum Gasteiger partial charge on any atom is -0.507 e. The number of methoxy groups -OCH3 is 1. The van der Waals surface area contributed by atoms with Crippen LogP contribution in [0, 0.1) is 0 Å². The van der Waals surface area contributed by atoms with E-state index >= 15 is 0 Å². The molecule has 0 fully saturated rings. The van der Waals surface area contributed by atoms with Crippen LogP contribution in [-0.4, -0.2) is 17.9 Å². The minimum absolute atomic E-state index is 0.139. The molecule has 0 saturated heterocycles. The van der Waals surface area contributed by atoms with E-state index in [1.807, 2.05) is 36.4 Å². The predicted octanol–water partition coefficient (Wildman–Crippen LogP) is 3.59. The first-order chi connectivity index (χ1) is 11.3. The van der Waals surface area contributed by atoms with E-state index < -0.39 is 0 Å². The van der Waals surface area contributed by atoms with Gasteiger partial charge < -0.3 is 19.7 Å². The normalized spacial score (nSPS) is 17.1. The van der Waals surface area contributed by atoms with E-state index in [9.17, 15) is 5.11 Å². The zero-order chi connectivity index (χ0) is 15.8. The molecule has 0 bridgehead atoms. The zero-order valence-corrected chi connectivity index (χ0v) is 12.6. The van der Waals surface area contributed by atoms with E-state index in [1.165, 1.54) is 0 Å². The molecule has 1 aliphatic rings. The third-order valence-electron chi connectivity index (χ3n) is 4.14. The van der Waals surface area contributed by atoms with E-state index in [4.69, 9.17) is 9.15 Å². The molecule has 0 aliphatic carbocycles. The van der Waals surface area contributed by atoms with Crippen molar-refractivity contribution in [3.63, 3.8) is 0 Å². The molecule has 1 atom stereocenters. The summed E-state index contributed by atoms with van der Waals surface area (Å²) in [4.78, 5) is 0. The Balaban J connectivity index is 1.72. The van der Waals surface area contributed by atoms with Crippen LogP contribution in [0.15, 0.2) is 58.2 Å². The van der Waals surface area contributed by atoms with Gasteiger partial charge in [0.15, 0.2) is 0 Å². The summed E-state index contributed by atoms with van der Waals surface area (Å²) in [6, 6.07) is 13.3. The van der Waals surface area contributed by atoms with Crippen LogP contribution in [0.5, 0.6) is 11.5 Å². The fourth-order valence-electron chi connectivity index (χ4n) is 3.06. The molecule has 2 aromatic carbocycles. The highest BCUT2D eigenvalue weighted by molar-refractivity contribution is 6.02. The summed E-state index contributed by atoms with van der Waals surface area (Å²) in [5.41, 5.74) is 6.45. The largest absolute Gasteiger partial charge is 0.507 e. The maximum absolute atomic E-state index is 10.4. The lowest BCUT2D eigenvalue weighted by Gasteiger charge is -2.17. The summed E-state index contributed by atoms with van der Waals surface area (Å²) >= 11 is 0. The average molecular weight is 308 g/mol. The van der Waals surface area contributed by atoms with Crippen LogP contribution < -0.4 is 10.2 Å². The number of hydrogen-bond donors (Lipinski definition) is 2. The molecular weight excluding hydrogens is 292 g/mol. The Hall–Kier alpha value is -2.95. The molecule has 1 aliphatic heterocycles. The molecule has 2 N–H and O–H groups in total. The van der Waals surface area contributed by atoms with Crippen molar-refractivity contribution in [2.24, 2.45) is 5.10 Å². The fourth-order valence-corrected chi connectivity index (χ4v) is 3.06. The molecule has 0 radical (unpaired) electrons. The van der Waals surface area contributed by atoms with Crippen LogP contribution >= 0.6 is 0 Å². The lowest BCUT2D eigenvalue weighted by Crippen LogP contribution is -2.12. The number of aromatic hydroxyl groups is 1. The highest BCUT2D eigenvalue weighted by Gasteiger charge is 2.28.